The smallest absolute Gasteiger partial charge is 0.422 e. The van der Waals surface area contributed by atoms with Gasteiger partial charge in [-0.25, -0.2) is 4.79 Å². The summed E-state index contributed by atoms with van der Waals surface area (Å²) in [4.78, 5) is 13.9. The number of urea groups is 1. The maximum atomic E-state index is 12.3. The van der Waals surface area contributed by atoms with Crippen molar-refractivity contribution in [2.24, 2.45) is 0 Å². The van der Waals surface area contributed by atoms with E-state index in [1.54, 1.807) is 11.0 Å². The highest BCUT2D eigenvalue weighted by Crippen LogP contribution is 2.22. The summed E-state index contributed by atoms with van der Waals surface area (Å²) in [7, 11) is 0. The Bertz CT molecular complexity index is 551. The Kier molecular flexibility index (Phi) is 5.35. The summed E-state index contributed by atoms with van der Waals surface area (Å²) in [5, 5.41) is 2.67. The van der Waals surface area contributed by atoms with Crippen LogP contribution in [0.5, 0.6) is 5.75 Å². The number of rotatable bonds is 3. The molecule has 2 rings (SSSR count). The molecule has 5 nitrogen and oxygen atoms in total. The molecule has 1 saturated heterocycles. The lowest BCUT2D eigenvalue weighted by molar-refractivity contribution is -0.153. The minimum Gasteiger partial charge on any atom is -0.484 e. The standard InChI is InChI=1S/C15H19F3N2O3/c1-10-11(2)22-7-6-20(10)14(21)19-12-4-3-5-13(8-12)23-9-15(16,17)18/h3-5,8,10-11H,6-7,9H2,1-2H3,(H,19,21)/t10-,11+/m1/s1. The SMILES string of the molecule is C[C@@H]1OCCN(C(=O)Nc2cccc(OCC(F)(F)F)c2)[C@@H]1C. The Balaban J connectivity index is 1.98. The highest BCUT2D eigenvalue weighted by molar-refractivity contribution is 5.89. The van der Waals surface area contributed by atoms with E-state index in [-0.39, 0.29) is 23.9 Å². The van der Waals surface area contributed by atoms with E-state index in [1.807, 2.05) is 13.8 Å². The quantitative estimate of drug-likeness (QED) is 0.924. The fourth-order valence-electron chi connectivity index (χ4n) is 2.24. The van der Waals surface area contributed by atoms with Gasteiger partial charge in [-0.1, -0.05) is 6.07 Å². The highest BCUT2D eigenvalue weighted by Gasteiger charge is 2.30. The molecule has 1 aromatic rings. The maximum absolute atomic E-state index is 12.3. The van der Waals surface area contributed by atoms with E-state index < -0.39 is 12.8 Å². The summed E-state index contributed by atoms with van der Waals surface area (Å²) >= 11 is 0. The van der Waals surface area contributed by atoms with Gasteiger partial charge in [0, 0.05) is 18.3 Å². The Morgan fingerprint density at radius 2 is 2.17 bits per heavy atom. The molecule has 0 aliphatic carbocycles. The van der Waals surface area contributed by atoms with Crippen LogP contribution in [0.3, 0.4) is 0 Å². The van der Waals surface area contributed by atoms with Crippen molar-refractivity contribution in [1.29, 1.82) is 0 Å². The molecule has 0 radical (unpaired) electrons. The summed E-state index contributed by atoms with van der Waals surface area (Å²) in [5.41, 5.74) is 0.376. The highest BCUT2D eigenvalue weighted by atomic mass is 19.4. The molecule has 2 amide bonds. The second-order valence-electron chi connectivity index (χ2n) is 5.37. The number of ether oxygens (including phenoxy) is 2. The van der Waals surface area contributed by atoms with Crippen LogP contribution < -0.4 is 10.1 Å². The molecule has 0 unspecified atom stereocenters. The van der Waals surface area contributed by atoms with Crippen LogP contribution in [0, 0.1) is 0 Å². The Morgan fingerprint density at radius 3 is 2.87 bits per heavy atom. The first-order chi connectivity index (χ1) is 10.8. The topological polar surface area (TPSA) is 50.8 Å². The van der Waals surface area contributed by atoms with Gasteiger partial charge in [0.2, 0.25) is 0 Å². The molecular weight excluding hydrogens is 313 g/mol. The van der Waals surface area contributed by atoms with Gasteiger partial charge >= 0.3 is 12.2 Å². The Labute approximate surface area is 132 Å². The molecule has 0 aromatic heterocycles. The monoisotopic (exact) mass is 332 g/mol. The Morgan fingerprint density at radius 1 is 1.43 bits per heavy atom. The molecule has 1 aliphatic heterocycles. The molecule has 1 fully saturated rings. The van der Waals surface area contributed by atoms with Gasteiger partial charge < -0.3 is 19.7 Å². The predicted octanol–water partition coefficient (Wildman–Crippen LogP) is 3.27. The number of morpholine rings is 1. The number of alkyl halides is 3. The molecular formula is C15H19F3N2O3. The number of anilines is 1. The number of carbonyl (C=O) groups is 1. The average molecular weight is 332 g/mol. The van der Waals surface area contributed by atoms with Crippen LogP contribution in [0.15, 0.2) is 24.3 Å². The first-order valence-corrected chi connectivity index (χ1v) is 7.25. The number of carbonyl (C=O) groups excluding carboxylic acids is 1. The normalized spacial score (nSPS) is 21.9. The van der Waals surface area contributed by atoms with Crippen molar-refractivity contribution in [1.82, 2.24) is 4.90 Å². The van der Waals surface area contributed by atoms with Crippen LogP contribution in [0.25, 0.3) is 0 Å². The fraction of sp³-hybridized carbons (Fsp3) is 0.533. The van der Waals surface area contributed by atoms with Gasteiger partial charge in [0.1, 0.15) is 5.75 Å². The molecule has 0 spiro atoms. The predicted molar refractivity (Wildman–Crippen MR) is 78.6 cm³/mol. The molecule has 0 bridgehead atoms. The zero-order valence-electron chi connectivity index (χ0n) is 12.9. The summed E-state index contributed by atoms with van der Waals surface area (Å²) in [6, 6.07) is 5.47. The fourth-order valence-corrected chi connectivity index (χ4v) is 2.24. The summed E-state index contributed by atoms with van der Waals surface area (Å²) < 4.78 is 46.6. The van der Waals surface area contributed by atoms with Gasteiger partial charge in [0.05, 0.1) is 18.8 Å². The second-order valence-corrected chi connectivity index (χ2v) is 5.37. The number of hydrogen-bond acceptors (Lipinski definition) is 3. The number of halogens is 3. The molecule has 128 valence electrons. The lowest BCUT2D eigenvalue weighted by Crippen LogP contribution is -2.52. The summed E-state index contributed by atoms with van der Waals surface area (Å²) in [5.74, 6) is 0.0449. The van der Waals surface area contributed by atoms with Gasteiger partial charge in [-0.15, -0.1) is 0 Å². The maximum Gasteiger partial charge on any atom is 0.422 e. The van der Waals surface area contributed by atoms with Gasteiger partial charge in [0.15, 0.2) is 6.61 Å². The van der Waals surface area contributed by atoms with Gasteiger partial charge in [-0.05, 0) is 26.0 Å². The van der Waals surface area contributed by atoms with Gasteiger partial charge in [0.25, 0.3) is 0 Å². The lowest BCUT2D eigenvalue weighted by atomic mass is 10.1. The molecule has 0 saturated carbocycles. The van der Waals surface area contributed by atoms with Crippen molar-refractivity contribution in [2.45, 2.75) is 32.2 Å². The zero-order chi connectivity index (χ0) is 17.0. The van der Waals surface area contributed by atoms with E-state index >= 15 is 0 Å². The first-order valence-electron chi connectivity index (χ1n) is 7.25. The molecule has 1 heterocycles. The first kappa shape index (κ1) is 17.4. The largest absolute Gasteiger partial charge is 0.484 e. The van der Waals surface area contributed by atoms with Crippen LogP contribution in [-0.2, 0) is 4.74 Å². The lowest BCUT2D eigenvalue weighted by Gasteiger charge is -2.37. The van der Waals surface area contributed by atoms with Gasteiger partial charge in [-0.3, -0.25) is 0 Å². The zero-order valence-corrected chi connectivity index (χ0v) is 12.9. The van der Waals surface area contributed by atoms with Crippen molar-refractivity contribution in [3.63, 3.8) is 0 Å². The molecule has 8 heteroatoms. The third-order valence-corrected chi connectivity index (χ3v) is 3.63. The molecule has 2 atom stereocenters. The van der Waals surface area contributed by atoms with Crippen molar-refractivity contribution < 1.29 is 27.4 Å². The van der Waals surface area contributed by atoms with Crippen molar-refractivity contribution in [3.05, 3.63) is 24.3 Å². The number of hydrogen-bond donors (Lipinski definition) is 1. The number of nitrogens with one attached hydrogen (secondary N) is 1. The van der Waals surface area contributed by atoms with Crippen molar-refractivity contribution >= 4 is 11.7 Å². The van der Waals surface area contributed by atoms with Crippen LogP contribution in [0.4, 0.5) is 23.7 Å². The van der Waals surface area contributed by atoms with Crippen molar-refractivity contribution in [3.8, 4) is 5.75 Å². The van der Waals surface area contributed by atoms with Gasteiger partial charge in [-0.2, -0.15) is 13.2 Å². The van der Waals surface area contributed by atoms with E-state index in [1.165, 1.54) is 18.2 Å². The number of benzene rings is 1. The van der Waals surface area contributed by atoms with Crippen LogP contribution in [0.2, 0.25) is 0 Å². The molecule has 1 aliphatic rings. The van der Waals surface area contributed by atoms with E-state index in [9.17, 15) is 18.0 Å². The molecule has 1 aromatic carbocycles. The van der Waals surface area contributed by atoms with Crippen molar-refractivity contribution in [2.75, 3.05) is 25.1 Å². The van der Waals surface area contributed by atoms with E-state index in [0.717, 1.165) is 0 Å². The van der Waals surface area contributed by atoms with E-state index in [0.29, 0.717) is 18.8 Å². The average Bonchev–Trinajstić information content (AvgIpc) is 2.47. The summed E-state index contributed by atoms with van der Waals surface area (Å²) in [6.45, 7) is 3.31. The summed E-state index contributed by atoms with van der Waals surface area (Å²) in [6.07, 6.45) is -4.48. The second kappa shape index (κ2) is 7.08. The number of amides is 2. The van der Waals surface area contributed by atoms with E-state index in [4.69, 9.17) is 4.74 Å². The third-order valence-electron chi connectivity index (χ3n) is 3.63. The van der Waals surface area contributed by atoms with E-state index in [2.05, 4.69) is 10.1 Å². The minimum atomic E-state index is -4.40. The minimum absolute atomic E-state index is 0.0449. The Hall–Kier alpha value is -1.96. The van der Waals surface area contributed by atoms with Crippen LogP contribution >= 0.6 is 0 Å². The third kappa shape index (κ3) is 5.02. The molecule has 23 heavy (non-hydrogen) atoms. The number of nitrogens with zero attached hydrogens (tertiary/aromatic N) is 1. The van der Waals surface area contributed by atoms with Crippen LogP contribution in [0.1, 0.15) is 13.8 Å². The molecule has 1 N–H and O–H groups in total. The van der Waals surface area contributed by atoms with Crippen LogP contribution in [-0.4, -0.2) is 49.0 Å².